The molecule has 0 spiro atoms. The van der Waals surface area contributed by atoms with E-state index in [2.05, 4.69) is 10.4 Å². The molecule has 2 rings (SSSR count). The molecule has 76 valence electrons. The molecule has 6 nitrogen and oxygen atoms in total. The molecule has 1 amide bonds. The Balaban J connectivity index is 2.07. The fourth-order valence-corrected chi connectivity index (χ4v) is 1.45. The molecule has 1 aromatic heterocycles. The third kappa shape index (κ3) is 1.69. The zero-order chi connectivity index (χ0) is 9.97. The van der Waals surface area contributed by atoms with Crippen molar-refractivity contribution in [2.75, 3.05) is 31.9 Å². The molecule has 2 heterocycles. The first-order valence-electron chi connectivity index (χ1n) is 4.58. The molecule has 0 aromatic carbocycles. The van der Waals surface area contributed by atoms with Crippen molar-refractivity contribution in [2.24, 2.45) is 0 Å². The van der Waals surface area contributed by atoms with Crippen LogP contribution in [0.5, 0.6) is 0 Å². The van der Waals surface area contributed by atoms with Gasteiger partial charge in [0.05, 0.1) is 0 Å². The van der Waals surface area contributed by atoms with Gasteiger partial charge >= 0.3 is 6.03 Å². The second-order valence-corrected chi connectivity index (χ2v) is 3.20. The van der Waals surface area contributed by atoms with Crippen molar-refractivity contribution in [2.45, 2.75) is 0 Å². The Labute approximate surface area is 81.7 Å². The van der Waals surface area contributed by atoms with Crippen LogP contribution in [0.1, 0.15) is 0 Å². The van der Waals surface area contributed by atoms with Gasteiger partial charge in [-0.15, -0.1) is 5.10 Å². The van der Waals surface area contributed by atoms with Gasteiger partial charge in [-0.3, -0.25) is 0 Å². The third-order valence-corrected chi connectivity index (χ3v) is 2.19. The summed E-state index contributed by atoms with van der Waals surface area (Å²) in [7, 11) is 0. The number of hydrogen-bond acceptors (Lipinski definition) is 4. The highest BCUT2D eigenvalue weighted by molar-refractivity contribution is 5.76. The van der Waals surface area contributed by atoms with Gasteiger partial charge in [-0.05, 0) is 0 Å². The highest BCUT2D eigenvalue weighted by Gasteiger charge is 2.17. The van der Waals surface area contributed by atoms with Gasteiger partial charge < -0.3 is 16.0 Å². The van der Waals surface area contributed by atoms with E-state index in [1.165, 1.54) is 4.68 Å². The van der Waals surface area contributed by atoms with E-state index in [-0.39, 0.29) is 6.03 Å². The summed E-state index contributed by atoms with van der Waals surface area (Å²) >= 11 is 0. The van der Waals surface area contributed by atoms with E-state index < -0.39 is 0 Å². The van der Waals surface area contributed by atoms with Crippen LogP contribution in [-0.4, -0.2) is 46.9 Å². The van der Waals surface area contributed by atoms with Gasteiger partial charge in [-0.25, -0.2) is 4.79 Å². The highest BCUT2D eigenvalue weighted by atomic mass is 16.2. The number of amides is 1. The van der Waals surface area contributed by atoms with Crippen LogP contribution < -0.4 is 11.1 Å². The smallest absolute Gasteiger partial charge is 0.344 e. The minimum absolute atomic E-state index is 0.108. The molecule has 6 heteroatoms. The molecule has 0 saturated carbocycles. The Morgan fingerprint density at radius 1 is 1.50 bits per heavy atom. The molecule has 1 aliphatic rings. The predicted octanol–water partition coefficient (Wildman–Crippen LogP) is -0.661. The number of nitrogens with one attached hydrogen (secondary N) is 1. The number of carbonyl (C=O) groups is 1. The van der Waals surface area contributed by atoms with Gasteiger partial charge in [0.15, 0.2) is 0 Å². The van der Waals surface area contributed by atoms with Gasteiger partial charge in [-0.2, -0.15) is 4.68 Å². The second kappa shape index (κ2) is 3.67. The zero-order valence-electron chi connectivity index (χ0n) is 7.81. The van der Waals surface area contributed by atoms with E-state index in [1.807, 2.05) is 0 Å². The Kier molecular flexibility index (Phi) is 2.36. The summed E-state index contributed by atoms with van der Waals surface area (Å²) in [6.07, 6.45) is 1.58. The van der Waals surface area contributed by atoms with Gasteiger partial charge in [-0.1, -0.05) is 0 Å². The van der Waals surface area contributed by atoms with Crippen molar-refractivity contribution in [1.29, 1.82) is 0 Å². The Hall–Kier alpha value is -1.56. The second-order valence-electron chi connectivity index (χ2n) is 3.20. The fourth-order valence-electron chi connectivity index (χ4n) is 1.45. The molecule has 1 aromatic rings. The van der Waals surface area contributed by atoms with Crippen molar-refractivity contribution in [1.82, 2.24) is 20.0 Å². The van der Waals surface area contributed by atoms with Gasteiger partial charge in [0.1, 0.15) is 5.82 Å². The molecule has 0 atom stereocenters. The number of hydrogen-bond donors (Lipinski definition) is 2. The van der Waals surface area contributed by atoms with E-state index in [0.717, 1.165) is 26.2 Å². The highest BCUT2D eigenvalue weighted by Crippen LogP contribution is 2.01. The molecule has 1 fully saturated rings. The minimum atomic E-state index is -0.108. The predicted molar refractivity (Wildman–Crippen MR) is 51.9 cm³/mol. The summed E-state index contributed by atoms with van der Waals surface area (Å²) in [5, 5.41) is 7.05. The Morgan fingerprint density at radius 2 is 2.21 bits per heavy atom. The quantitative estimate of drug-likeness (QED) is 0.576. The maximum absolute atomic E-state index is 11.8. The summed E-state index contributed by atoms with van der Waals surface area (Å²) in [5.41, 5.74) is 5.43. The van der Waals surface area contributed by atoms with Gasteiger partial charge in [0, 0.05) is 38.4 Å². The lowest BCUT2D eigenvalue weighted by Gasteiger charge is -2.26. The van der Waals surface area contributed by atoms with Crippen molar-refractivity contribution in [3.8, 4) is 0 Å². The fraction of sp³-hybridized carbons (Fsp3) is 0.500. The van der Waals surface area contributed by atoms with Crippen LogP contribution in [0.25, 0.3) is 0 Å². The molecule has 0 unspecified atom stereocenters. The average molecular weight is 195 g/mol. The standard InChI is InChI=1S/C8H13N5O/c9-7-1-4-13(11-7)8(14)12-5-2-10-3-6-12/h1,4,10H,2-3,5-6H2,(H2,9,11). The molecule has 1 aliphatic heterocycles. The molecule has 14 heavy (non-hydrogen) atoms. The summed E-state index contributed by atoms with van der Waals surface area (Å²) in [6, 6.07) is 1.50. The molecule has 3 N–H and O–H groups in total. The van der Waals surface area contributed by atoms with Gasteiger partial charge in [0.2, 0.25) is 0 Å². The zero-order valence-corrected chi connectivity index (χ0v) is 7.81. The number of carbonyl (C=O) groups excluding carboxylic acids is 1. The van der Waals surface area contributed by atoms with Crippen LogP contribution in [0.3, 0.4) is 0 Å². The SMILES string of the molecule is Nc1ccn(C(=O)N2CCNCC2)n1. The van der Waals surface area contributed by atoms with Crippen molar-refractivity contribution < 1.29 is 4.79 Å². The van der Waals surface area contributed by atoms with E-state index in [9.17, 15) is 4.79 Å². The molecule has 0 bridgehead atoms. The summed E-state index contributed by atoms with van der Waals surface area (Å²) in [6.45, 7) is 3.11. The van der Waals surface area contributed by atoms with E-state index >= 15 is 0 Å². The first-order chi connectivity index (χ1) is 6.77. The number of anilines is 1. The lowest BCUT2D eigenvalue weighted by molar-refractivity contribution is 0.188. The van der Waals surface area contributed by atoms with Crippen molar-refractivity contribution in [3.63, 3.8) is 0 Å². The van der Waals surface area contributed by atoms with Crippen LogP contribution in [0.15, 0.2) is 12.3 Å². The van der Waals surface area contributed by atoms with Crippen LogP contribution in [0.4, 0.5) is 10.6 Å². The normalized spacial score (nSPS) is 17.0. The molecular weight excluding hydrogens is 182 g/mol. The monoisotopic (exact) mass is 195 g/mol. The summed E-state index contributed by atoms with van der Waals surface area (Å²) in [5.74, 6) is 0.369. The first kappa shape index (κ1) is 9.01. The number of nitrogens with two attached hydrogens (primary N) is 1. The van der Waals surface area contributed by atoms with E-state index in [4.69, 9.17) is 5.73 Å². The Bertz CT molecular complexity index is 328. The topological polar surface area (TPSA) is 76.2 Å². The van der Waals surface area contributed by atoms with E-state index in [0.29, 0.717) is 5.82 Å². The van der Waals surface area contributed by atoms with Crippen LogP contribution in [-0.2, 0) is 0 Å². The lowest BCUT2D eigenvalue weighted by atomic mass is 10.4. The molecular formula is C8H13N5O. The van der Waals surface area contributed by atoms with Crippen molar-refractivity contribution in [3.05, 3.63) is 12.3 Å². The number of aromatic nitrogens is 2. The lowest BCUT2D eigenvalue weighted by Crippen LogP contribution is -2.48. The van der Waals surface area contributed by atoms with Crippen LogP contribution >= 0.6 is 0 Å². The average Bonchev–Trinajstić information content (AvgIpc) is 2.65. The number of rotatable bonds is 0. The third-order valence-electron chi connectivity index (χ3n) is 2.19. The van der Waals surface area contributed by atoms with Crippen molar-refractivity contribution >= 4 is 11.8 Å². The Morgan fingerprint density at radius 3 is 2.79 bits per heavy atom. The summed E-state index contributed by atoms with van der Waals surface area (Å²) < 4.78 is 1.28. The van der Waals surface area contributed by atoms with E-state index in [1.54, 1.807) is 17.2 Å². The van der Waals surface area contributed by atoms with Crippen LogP contribution in [0.2, 0.25) is 0 Å². The molecule has 1 saturated heterocycles. The summed E-state index contributed by atoms with van der Waals surface area (Å²) in [4.78, 5) is 13.5. The molecule has 0 radical (unpaired) electrons. The maximum atomic E-state index is 11.8. The molecule has 0 aliphatic carbocycles. The minimum Gasteiger partial charge on any atom is -0.382 e. The first-order valence-corrected chi connectivity index (χ1v) is 4.58. The maximum Gasteiger partial charge on any atom is 0.344 e. The van der Waals surface area contributed by atoms with Gasteiger partial charge in [0.25, 0.3) is 0 Å². The largest absolute Gasteiger partial charge is 0.382 e. The number of piperazine rings is 1. The number of nitrogen functional groups attached to an aromatic ring is 1. The van der Waals surface area contributed by atoms with Crippen LogP contribution in [0, 0.1) is 0 Å². The number of nitrogens with zero attached hydrogens (tertiary/aromatic N) is 3.